The number of carbonyl (C=O) groups excluding carboxylic acids is 1. The first-order valence-corrected chi connectivity index (χ1v) is 10.2. The molecule has 3 N–H and O–H groups in total. The molecule has 0 aliphatic carbocycles. The predicted molar refractivity (Wildman–Crippen MR) is 114 cm³/mol. The van der Waals surface area contributed by atoms with Crippen molar-refractivity contribution < 1.29 is 9.53 Å². The van der Waals surface area contributed by atoms with Crippen molar-refractivity contribution in [3.8, 4) is 5.75 Å². The number of amides is 1. The number of rotatable bonds is 7. The molecule has 1 atom stereocenters. The van der Waals surface area contributed by atoms with E-state index in [4.69, 9.17) is 10.5 Å². The molecule has 1 saturated heterocycles. The molecule has 0 unspecified atom stereocenters. The summed E-state index contributed by atoms with van der Waals surface area (Å²) in [5, 5.41) is 8.31. The molecule has 6 nitrogen and oxygen atoms in total. The van der Waals surface area contributed by atoms with E-state index in [0.29, 0.717) is 5.92 Å². The Kier molecular flexibility index (Phi) is 5.81. The summed E-state index contributed by atoms with van der Waals surface area (Å²) in [7, 11) is 0. The van der Waals surface area contributed by atoms with Crippen LogP contribution >= 0.6 is 0 Å². The number of aromatic amines is 1. The fraction of sp³-hybridized carbons (Fsp3) is 0.391. The molecule has 4 rings (SSSR count). The van der Waals surface area contributed by atoms with Gasteiger partial charge in [0.2, 0.25) is 0 Å². The van der Waals surface area contributed by atoms with E-state index in [2.05, 4.69) is 39.4 Å². The van der Waals surface area contributed by atoms with Crippen molar-refractivity contribution in [2.75, 3.05) is 19.7 Å². The minimum absolute atomic E-state index is 0.0862. The Balaban J connectivity index is 1.38. The highest BCUT2D eigenvalue weighted by atomic mass is 16.5. The number of hydrogen-bond donors (Lipinski definition) is 2. The molecule has 1 fully saturated rings. The summed E-state index contributed by atoms with van der Waals surface area (Å²) in [6.07, 6.45) is 5.47. The van der Waals surface area contributed by atoms with Crippen LogP contribution < -0.4 is 10.5 Å². The molecule has 1 aliphatic heterocycles. The van der Waals surface area contributed by atoms with E-state index in [1.54, 1.807) is 0 Å². The number of hydrogen-bond acceptors (Lipinski definition) is 4. The zero-order valence-corrected chi connectivity index (χ0v) is 16.9. The van der Waals surface area contributed by atoms with Gasteiger partial charge in [-0.3, -0.25) is 14.8 Å². The lowest BCUT2D eigenvalue weighted by Gasteiger charge is -2.33. The van der Waals surface area contributed by atoms with Crippen molar-refractivity contribution in [3.05, 3.63) is 59.3 Å². The summed E-state index contributed by atoms with van der Waals surface area (Å²) in [5.74, 6) is 0.940. The van der Waals surface area contributed by atoms with Crippen LogP contribution in [0, 0.1) is 12.8 Å². The maximum atomic E-state index is 11.0. The lowest BCUT2D eigenvalue weighted by Crippen LogP contribution is -2.35. The fourth-order valence-corrected chi connectivity index (χ4v) is 4.22. The van der Waals surface area contributed by atoms with Gasteiger partial charge < -0.3 is 10.5 Å². The number of piperidine rings is 1. The molecule has 29 heavy (non-hydrogen) atoms. The molecule has 1 aliphatic rings. The highest BCUT2D eigenvalue weighted by Crippen LogP contribution is 2.25. The average molecular weight is 393 g/mol. The molecule has 0 saturated carbocycles. The van der Waals surface area contributed by atoms with Crippen LogP contribution in [0.5, 0.6) is 5.75 Å². The summed E-state index contributed by atoms with van der Waals surface area (Å²) in [6, 6.07) is 12.8. The van der Waals surface area contributed by atoms with Crippen LogP contribution in [0.2, 0.25) is 0 Å². The number of fused-ring (bicyclic) bond motifs is 1. The van der Waals surface area contributed by atoms with Gasteiger partial charge in [0.05, 0.1) is 11.7 Å². The van der Waals surface area contributed by atoms with Gasteiger partial charge in [0, 0.05) is 18.5 Å². The summed E-state index contributed by atoms with van der Waals surface area (Å²) in [5.41, 5.74) is 9.89. The first-order chi connectivity index (χ1) is 14.1. The second kappa shape index (κ2) is 8.66. The van der Waals surface area contributed by atoms with Crippen LogP contribution in [-0.4, -0.2) is 40.7 Å². The van der Waals surface area contributed by atoms with Gasteiger partial charge in [-0.25, -0.2) is 0 Å². The van der Waals surface area contributed by atoms with E-state index in [-0.39, 0.29) is 6.61 Å². The number of likely N-dealkylation sites (tertiary alicyclic amines) is 1. The molecule has 3 aromatic rings. The number of nitrogens with one attached hydrogen (secondary N) is 1. The first kappa shape index (κ1) is 19.5. The van der Waals surface area contributed by atoms with Gasteiger partial charge in [-0.15, -0.1) is 0 Å². The van der Waals surface area contributed by atoms with E-state index < -0.39 is 5.91 Å². The third kappa shape index (κ3) is 4.95. The van der Waals surface area contributed by atoms with Crippen molar-refractivity contribution >= 4 is 16.8 Å². The number of primary amides is 1. The maximum absolute atomic E-state index is 11.0. The Hall–Kier alpha value is -2.86. The molecule has 152 valence electrons. The van der Waals surface area contributed by atoms with Gasteiger partial charge in [0.15, 0.2) is 6.61 Å². The third-order valence-electron chi connectivity index (χ3n) is 5.66. The topological polar surface area (TPSA) is 84.2 Å². The van der Waals surface area contributed by atoms with Crippen molar-refractivity contribution in [1.29, 1.82) is 0 Å². The van der Waals surface area contributed by atoms with Gasteiger partial charge in [-0.1, -0.05) is 18.2 Å². The average Bonchev–Trinajstić information content (AvgIpc) is 3.16. The van der Waals surface area contributed by atoms with E-state index in [0.717, 1.165) is 42.9 Å². The normalized spacial score (nSPS) is 17.5. The molecule has 2 aromatic carbocycles. The zero-order valence-electron chi connectivity index (χ0n) is 16.9. The number of nitrogens with zero attached hydrogens (tertiary/aromatic N) is 2. The van der Waals surface area contributed by atoms with Crippen LogP contribution in [0.4, 0.5) is 0 Å². The van der Waals surface area contributed by atoms with Crippen LogP contribution in [0.1, 0.15) is 29.5 Å². The summed E-state index contributed by atoms with van der Waals surface area (Å²) in [6.45, 7) is 4.99. The number of aromatic nitrogens is 2. The molecule has 2 heterocycles. The molecule has 1 aromatic heterocycles. The Morgan fingerprint density at radius 2 is 2.14 bits per heavy atom. The zero-order chi connectivity index (χ0) is 20.2. The number of benzene rings is 2. The van der Waals surface area contributed by atoms with Crippen LogP contribution in [-0.2, 0) is 17.8 Å². The second-order valence-corrected chi connectivity index (χ2v) is 8.09. The number of nitrogens with two attached hydrogens (primary N) is 1. The third-order valence-corrected chi connectivity index (χ3v) is 5.66. The molecular formula is C23H28N4O2. The molecule has 6 heteroatoms. The van der Waals surface area contributed by atoms with Crippen molar-refractivity contribution in [2.24, 2.45) is 11.7 Å². The van der Waals surface area contributed by atoms with Gasteiger partial charge in [0.25, 0.3) is 5.91 Å². The predicted octanol–water partition coefficient (Wildman–Crippen LogP) is 3.19. The second-order valence-electron chi connectivity index (χ2n) is 8.09. The van der Waals surface area contributed by atoms with Crippen LogP contribution in [0.3, 0.4) is 0 Å². The SMILES string of the molecule is Cc1ccc(CN2CCC[C@@H](Cc3ccc4[nH]ncc4c3)C2)cc1OCC(N)=O. The van der Waals surface area contributed by atoms with E-state index >= 15 is 0 Å². The summed E-state index contributed by atoms with van der Waals surface area (Å²) in [4.78, 5) is 13.5. The molecular weight excluding hydrogens is 364 g/mol. The highest BCUT2D eigenvalue weighted by molar-refractivity contribution is 5.78. The highest BCUT2D eigenvalue weighted by Gasteiger charge is 2.21. The van der Waals surface area contributed by atoms with Crippen molar-refractivity contribution in [2.45, 2.75) is 32.7 Å². The molecule has 0 spiro atoms. The monoisotopic (exact) mass is 392 g/mol. The fourth-order valence-electron chi connectivity index (χ4n) is 4.22. The van der Waals surface area contributed by atoms with Crippen molar-refractivity contribution in [1.82, 2.24) is 15.1 Å². The molecule has 0 bridgehead atoms. The largest absolute Gasteiger partial charge is 0.484 e. The minimum Gasteiger partial charge on any atom is -0.484 e. The minimum atomic E-state index is -0.456. The van der Waals surface area contributed by atoms with Gasteiger partial charge in [-0.2, -0.15) is 5.10 Å². The van der Waals surface area contributed by atoms with E-state index in [1.807, 2.05) is 25.3 Å². The quantitative estimate of drug-likeness (QED) is 0.647. The summed E-state index contributed by atoms with van der Waals surface area (Å²) >= 11 is 0. The van der Waals surface area contributed by atoms with Crippen LogP contribution in [0.15, 0.2) is 42.6 Å². The van der Waals surface area contributed by atoms with Gasteiger partial charge in [-0.05, 0) is 73.5 Å². The summed E-state index contributed by atoms with van der Waals surface area (Å²) < 4.78 is 5.56. The standard InChI is InChI=1S/C23H28N4O2/c1-16-4-5-19(11-22(16)29-15-23(24)28)14-27-8-2-3-18(13-27)9-17-6-7-21-20(10-17)12-25-26-21/h4-7,10-12,18H,2-3,8-9,13-15H2,1H3,(H2,24,28)(H,25,26)/t18-/m0/s1. The lowest BCUT2D eigenvalue weighted by molar-refractivity contribution is -0.119. The number of aryl methyl sites for hydroxylation is 1. The van der Waals surface area contributed by atoms with E-state index in [1.165, 1.54) is 29.4 Å². The molecule has 1 amide bonds. The Bertz CT molecular complexity index is 997. The number of H-pyrrole nitrogens is 1. The van der Waals surface area contributed by atoms with Crippen molar-refractivity contribution in [3.63, 3.8) is 0 Å². The Morgan fingerprint density at radius 3 is 3.00 bits per heavy atom. The van der Waals surface area contributed by atoms with Gasteiger partial charge in [0.1, 0.15) is 5.75 Å². The molecule has 0 radical (unpaired) electrons. The maximum Gasteiger partial charge on any atom is 0.255 e. The smallest absolute Gasteiger partial charge is 0.255 e. The lowest BCUT2D eigenvalue weighted by atomic mass is 9.90. The van der Waals surface area contributed by atoms with Crippen LogP contribution in [0.25, 0.3) is 10.9 Å². The number of carbonyl (C=O) groups is 1. The van der Waals surface area contributed by atoms with E-state index in [9.17, 15) is 4.79 Å². The number of ether oxygens (including phenoxy) is 1. The first-order valence-electron chi connectivity index (χ1n) is 10.2. The Morgan fingerprint density at radius 1 is 1.28 bits per heavy atom. The Labute approximate surface area is 171 Å². The van der Waals surface area contributed by atoms with Gasteiger partial charge >= 0.3 is 0 Å².